The monoisotopic (exact) mass is 441 g/mol. The first-order valence-corrected chi connectivity index (χ1v) is 10.8. The van der Waals surface area contributed by atoms with Crippen LogP contribution in [0.1, 0.15) is 42.5 Å². The van der Waals surface area contributed by atoms with Crippen LogP contribution in [0, 0.1) is 0 Å². The Morgan fingerprint density at radius 3 is 2.68 bits per heavy atom. The summed E-state index contributed by atoms with van der Waals surface area (Å²) >= 11 is 6.24. The number of carbonyl (C=O) groups excluding carboxylic acids is 3. The molecule has 0 atom stereocenters. The standard InChI is InChI=1S/C23H24ClN3O4/c24-18-11-10-16(12-17(18)23(30)26-15-6-2-1-3-7-15)25-21(28)13-27-19-8-4-5-9-20(19)31-14-22(27)29/h4-5,8-12,15H,1-3,6-7,13-14H2,(H,25,28)(H,26,30). The van der Waals surface area contributed by atoms with Gasteiger partial charge in [-0.2, -0.15) is 0 Å². The van der Waals surface area contributed by atoms with Gasteiger partial charge in [-0.15, -0.1) is 0 Å². The van der Waals surface area contributed by atoms with E-state index in [9.17, 15) is 14.4 Å². The molecule has 1 aliphatic heterocycles. The Morgan fingerprint density at radius 2 is 1.87 bits per heavy atom. The van der Waals surface area contributed by atoms with Gasteiger partial charge in [-0.25, -0.2) is 0 Å². The number of carbonyl (C=O) groups is 3. The molecule has 1 fully saturated rings. The smallest absolute Gasteiger partial charge is 0.265 e. The summed E-state index contributed by atoms with van der Waals surface area (Å²) < 4.78 is 5.40. The fourth-order valence-electron chi connectivity index (χ4n) is 3.96. The average Bonchev–Trinajstić information content (AvgIpc) is 2.77. The lowest BCUT2D eigenvalue weighted by Gasteiger charge is -2.28. The third-order valence-corrected chi connectivity index (χ3v) is 5.87. The summed E-state index contributed by atoms with van der Waals surface area (Å²) in [6, 6.07) is 12.0. The summed E-state index contributed by atoms with van der Waals surface area (Å²) in [6.45, 7) is -0.276. The van der Waals surface area contributed by atoms with E-state index in [2.05, 4.69) is 10.6 Å². The number of anilines is 2. The van der Waals surface area contributed by atoms with Crippen molar-refractivity contribution in [2.24, 2.45) is 0 Å². The highest BCUT2D eigenvalue weighted by atomic mass is 35.5. The molecule has 1 saturated carbocycles. The summed E-state index contributed by atoms with van der Waals surface area (Å²) in [5, 5.41) is 6.11. The zero-order valence-corrected chi connectivity index (χ0v) is 17.8. The Kier molecular flexibility index (Phi) is 6.42. The van der Waals surface area contributed by atoms with Crippen molar-refractivity contribution in [2.45, 2.75) is 38.1 Å². The quantitative estimate of drug-likeness (QED) is 0.739. The number of rotatable bonds is 5. The van der Waals surface area contributed by atoms with Gasteiger partial charge in [-0.3, -0.25) is 19.3 Å². The van der Waals surface area contributed by atoms with Gasteiger partial charge in [0.15, 0.2) is 6.61 Å². The highest BCUT2D eigenvalue weighted by molar-refractivity contribution is 6.34. The van der Waals surface area contributed by atoms with E-state index < -0.39 is 0 Å². The fraction of sp³-hybridized carbons (Fsp3) is 0.348. The van der Waals surface area contributed by atoms with Crippen molar-refractivity contribution in [2.75, 3.05) is 23.4 Å². The van der Waals surface area contributed by atoms with Gasteiger partial charge in [0.05, 0.1) is 16.3 Å². The zero-order valence-electron chi connectivity index (χ0n) is 17.0. The third kappa shape index (κ3) is 4.99. The van der Waals surface area contributed by atoms with Gasteiger partial charge >= 0.3 is 0 Å². The molecular weight excluding hydrogens is 418 g/mol. The first-order chi connectivity index (χ1) is 15.0. The predicted octanol–water partition coefficient (Wildman–Crippen LogP) is 3.77. The molecule has 162 valence electrons. The maximum atomic E-state index is 12.7. The molecule has 1 heterocycles. The summed E-state index contributed by atoms with van der Waals surface area (Å²) in [7, 11) is 0. The third-order valence-electron chi connectivity index (χ3n) is 5.55. The van der Waals surface area contributed by atoms with Crippen molar-refractivity contribution >= 4 is 40.7 Å². The Bertz CT molecular complexity index is 1000. The number of ether oxygens (including phenoxy) is 1. The van der Waals surface area contributed by atoms with Crippen molar-refractivity contribution in [1.82, 2.24) is 5.32 Å². The van der Waals surface area contributed by atoms with Crippen LogP contribution in [-0.4, -0.2) is 36.9 Å². The summed E-state index contributed by atoms with van der Waals surface area (Å²) in [5.74, 6) is -0.364. The highest BCUT2D eigenvalue weighted by Crippen LogP contribution is 2.31. The van der Waals surface area contributed by atoms with Crippen molar-refractivity contribution in [3.05, 3.63) is 53.1 Å². The van der Waals surface area contributed by atoms with Gasteiger partial charge in [0.25, 0.3) is 11.8 Å². The largest absolute Gasteiger partial charge is 0.482 e. The highest BCUT2D eigenvalue weighted by Gasteiger charge is 2.27. The zero-order chi connectivity index (χ0) is 21.8. The average molecular weight is 442 g/mol. The van der Waals surface area contributed by atoms with Gasteiger partial charge in [0, 0.05) is 11.7 Å². The maximum absolute atomic E-state index is 12.7. The summed E-state index contributed by atoms with van der Waals surface area (Å²) in [4.78, 5) is 39.0. The Hall–Kier alpha value is -3.06. The number of nitrogens with zero attached hydrogens (tertiary/aromatic N) is 1. The molecule has 8 heteroatoms. The second kappa shape index (κ2) is 9.39. The van der Waals surface area contributed by atoms with Gasteiger partial charge in [-0.1, -0.05) is 43.0 Å². The molecule has 2 aliphatic rings. The van der Waals surface area contributed by atoms with Crippen LogP contribution >= 0.6 is 11.6 Å². The Balaban J connectivity index is 1.43. The predicted molar refractivity (Wildman–Crippen MR) is 119 cm³/mol. The SMILES string of the molecule is O=C(CN1C(=O)COc2ccccc21)Nc1ccc(Cl)c(C(=O)NC2CCCCC2)c1. The van der Waals surface area contributed by atoms with Crippen LogP contribution in [0.25, 0.3) is 0 Å². The van der Waals surface area contributed by atoms with Crippen LogP contribution in [0.15, 0.2) is 42.5 Å². The first kappa shape index (κ1) is 21.2. The number of hydrogen-bond donors (Lipinski definition) is 2. The van der Waals surface area contributed by atoms with Gasteiger partial charge in [-0.05, 0) is 43.2 Å². The normalized spacial score (nSPS) is 16.3. The lowest BCUT2D eigenvalue weighted by molar-refractivity contribution is -0.123. The van der Waals surface area contributed by atoms with Crippen molar-refractivity contribution < 1.29 is 19.1 Å². The van der Waals surface area contributed by atoms with Crippen LogP contribution in [-0.2, 0) is 9.59 Å². The molecule has 4 rings (SSSR count). The van der Waals surface area contributed by atoms with Gasteiger partial charge in [0.1, 0.15) is 12.3 Å². The molecule has 2 aromatic carbocycles. The van der Waals surface area contributed by atoms with E-state index in [4.69, 9.17) is 16.3 Å². The fourth-order valence-corrected chi connectivity index (χ4v) is 4.16. The van der Waals surface area contributed by atoms with Crippen LogP contribution in [0.2, 0.25) is 5.02 Å². The second-order valence-corrected chi connectivity index (χ2v) is 8.19. The van der Waals surface area contributed by atoms with Crippen LogP contribution < -0.4 is 20.3 Å². The van der Waals surface area contributed by atoms with E-state index in [0.29, 0.717) is 27.7 Å². The van der Waals surface area contributed by atoms with Crippen molar-refractivity contribution in [3.63, 3.8) is 0 Å². The Morgan fingerprint density at radius 1 is 1.10 bits per heavy atom. The molecule has 7 nitrogen and oxygen atoms in total. The minimum atomic E-state index is -0.383. The van der Waals surface area contributed by atoms with Gasteiger partial charge in [0.2, 0.25) is 5.91 Å². The van der Waals surface area contributed by atoms with Crippen molar-refractivity contribution in [1.29, 1.82) is 0 Å². The number of halogens is 1. The van der Waals surface area contributed by atoms with Crippen molar-refractivity contribution in [3.8, 4) is 5.75 Å². The topological polar surface area (TPSA) is 87.7 Å². The molecule has 0 spiro atoms. The number of fused-ring (bicyclic) bond motifs is 1. The number of hydrogen-bond acceptors (Lipinski definition) is 4. The number of amides is 3. The van der Waals surface area contributed by atoms with E-state index in [1.165, 1.54) is 11.3 Å². The number of nitrogens with one attached hydrogen (secondary N) is 2. The molecule has 0 saturated heterocycles. The maximum Gasteiger partial charge on any atom is 0.265 e. The molecule has 31 heavy (non-hydrogen) atoms. The van der Waals surface area contributed by atoms with E-state index in [0.717, 1.165) is 25.7 Å². The Labute approximate surface area is 185 Å². The van der Waals surface area contributed by atoms with Crippen LogP contribution in [0.3, 0.4) is 0 Å². The first-order valence-electron chi connectivity index (χ1n) is 10.4. The van der Waals surface area contributed by atoms with Gasteiger partial charge < -0.3 is 15.4 Å². The van der Waals surface area contributed by atoms with E-state index >= 15 is 0 Å². The molecule has 0 aromatic heterocycles. The number of benzene rings is 2. The van der Waals surface area contributed by atoms with Crippen LogP contribution in [0.4, 0.5) is 11.4 Å². The molecule has 3 amide bonds. The molecule has 0 unspecified atom stereocenters. The molecule has 1 aliphatic carbocycles. The van der Waals surface area contributed by atoms with E-state index in [1.807, 2.05) is 0 Å². The lowest BCUT2D eigenvalue weighted by Crippen LogP contribution is -2.43. The molecule has 2 aromatic rings. The van der Waals surface area contributed by atoms with E-state index in [-0.39, 0.29) is 36.9 Å². The molecular formula is C23H24ClN3O4. The minimum absolute atomic E-state index is 0.114. The molecule has 0 radical (unpaired) electrons. The summed E-state index contributed by atoms with van der Waals surface area (Å²) in [6.07, 6.45) is 5.35. The summed E-state index contributed by atoms with van der Waals surface area (Å²) in [5.41, 5.74) is 1.31. The molecule has 0 bridgehead atoms. The van der Waals surface area contributed by atoms with E-state index in [1.54, 1.807) is 42.5 Å². The van der Waals surface area contributed by atoms with Crippen LogP contribution in [0.5, 0.6) is 5.75 Å². The minimum Gasteiger partial charge on any atom is -0.482 e. The number of para-hydroxylation sites is 2. The lowest BCUT2D eigenvalue weighted by atomic mass is 9.95. The second-order valence-electron chi connectivity index (χ2n) is 7.79. The molecule has 2 N–H and O–H groups in total.